The first-order chi connectivity index (χ1) is 10.2. The van der Waals surface area contributed by atoms with Crippen LogP contribution < -0.4 is 5.32 Å². The van der Waals surface area contributed by atoms with Crippen LogP contribution in [-0.4, -0.2) is 9.91 Å². The number of pyridine rings is 1. The van der Waals surface area contributed by atoms with Crippen LogP contribution in [0.4, 0.5) is 34.8 Å². The van der Waals surface area contributed by atoms with Crippen molar-refractivity contribution in [1.29, 1.82) is 0 Å². The van der Waals surface area contributed by atoms with Crippen LogP contribution in [0.2, 0.25) is 5.02 Å². The van der Waals surface area contributed by atoms with Gasteiger partial charge in [-0.25, -0.2) is 9.37 Å². The number of nitro groups is 1. The number of aromatic nitrogens is 1. The molecular formula is C12H6ClF4N3O2. The molecule has 0 radical (unpaired) electrons. The molecule has 22 heavy (non-hydrogen) atoms. The summed E-state index contributed by atoms with van der Waals surface area (Å²) >= 11 is 5.66. The van der Waals surface area contributed by atoms with E-state index in [-0.39, 0.29) is 11.5 Å². The Balaban J connectivity index is 2.35. The molecule has 2 aromatic rings. The highest BCUT2D eigenvalue weighted by atomic mass is 35.5. The Bertz CT molecular complexity index is 737. The van der Waals surface area contributed by atoms with Crippen molar-refractivity contribution in [1.82, 2.24) is 4.98 Å². The van der Waals surface area contributed by atoms with Crippen LogP contribution in [-0.2, 0) is 6.18 Å². The highest BCUT2D eigenvalue weighted by molar-refractivity contribution is 6.33. The average molecular weight is 336 g/mol. The van der Waals surface area contributed by atoms with Crippen molar-refractivity contribution in [3.05, 3.63) is 57.0 Å². The number of rotatable bonds is 3. The Morgan fingerprint density at radius 1 is 1.27 bits per heavy atom. The maximum absolute atomic E-state index is 13.6. The lowest BCUT2D eigenvalue weighted by atomic mass is 10.2. The van der Waals surface area contributed by atoms with E-state index in [1.807, 2.05) is 0 Å². The van der Waals surface area contributed by atoms with Crippen molar-refractivity contribution in [3.63, 3.8) is 0 Å². The summed E-state index contributed by atoms with van der Waals surface area (Å²) in [4.78, 5) is 13.3. The number of halogens is 5. The number of nitrogens with one attached hydrogen (secondary N) is 1. The molecule has 0 unspecified atom stereocenters. The molecule has 116 valence electrons. The first-order valence-corrected chi connectivity index (χ1v) is 6.00. The van der Waals surface area contributed by atoms with E-state index in [1.54, 1.807) is 0 Å². The summed E-state index contributed by atoms with van der Waals surface area (Å²) in [7, 11) is 0. The number of anilines is 2. The molecule has 0 bridgehead atoms. The fourth-order valence-corrected chi connectivity index (χ4v) is 1.75. The van der Waals surface area contributed by atoms with Gasteiger partial charge in [0.25, 0.3) is 5.69 Å². The molecule has 1 N–H and O–H groups in total. The van der Waals surface area contributed by atoms with Crippen LogP contribution in [0.3, 0.4) is 0 Å². The van der Waals surface area contributed by atoms with Crippen molar-refractivity contribution in [3.8, 4) is 0 Å². The lowest BCUT2D eigenvalue weighted by molar-refractivity contribution is -0.384. The van der Waals surface area contributed by atoms with Crippen molar-refractivity contribution in [2.75, 3.05) is 5.32 Å². The zero-order valence-electron chi connectivity index (χ0n) is 10.5. The monoisotopic (exact) mass is 335 g/mol. The van der Waals surface area contributed by atoms with E-state index in [4.69, 9.17) is 11.6 Å². The molecule has 0 saturated heterocycles. The van der Waals surface area contributed by atoms with Crippen LogP contribution >= 0.6 is 11.6 Å². The zero-order chi connectivity index (χ0) is 16.5. The number of non-ortho nitro benzene ring substituents is 1. The molecule has 1 aromatic heterocycles. The van der Waals surface area contributed by atoms with E-state index in [2.05, 4.69) is 10.3 Å². The molecule has 0 aliphatic carbocycles. The van der Waals surface area contributed by atoms with Gasteiger partial charge in [-0.3, -0.25) is 10.1 Å². The van der Waals surface area contributed by atoms with E-state index in [0.29, 0.717) is 12.3 Å². The molecule has 0 fully saturated rings. The second-order valence-electron chi connectivity index (χ2n) is 4.10. The van der Waals surface area contributed by atoms with Gasteiger partial charge in [0.2, 0.25) is 0 Å². The second kappa shape index (κ2) is 5.76. The largest absolute Gasteiger partial charge is 0.417 e. The third-order valence-electron chi connectivity index (χ3n) is 2.58. The standard InChI is InChI=1S/C12H6ClF4N3O2/c13-8-3-6(12(15,16)17)5-18-11(8)19-10-4-7(20(21)22)1-2-9(10)14/h1-5H,(H,18,19). The van der Waals surface area contributed by atoms with Gasteiger partial charge in [0.05, 0.1) is 21.2 Å². The van der Waals surface area contributed by atoms with Crippen molar-refractivity contribution >= 4 is 28.8 Å². The second-order valence-corrected chi connectivity index (χ2v) is 4.51. The number of benzene rings is 1. The maximum atomic E-state index is 13.6. The minimum atomic E-state index is -4.62. The van der Waals surface area contributed by atoms with E-state index in [1.165, 1.54) is 0 Å². The number of alkyl halides is 3. The topological polar surface area (TPSA) is 68.1 Å². The summed E-state index contributed by atoms with van der Waals surface area (Å²) < 4.78 is 51.0. The zero-order valence-corrected chi connectivity index (χ0v) is 11.2. The van der Waals surface area contributed by atoms with Crippen LogP contribution in [0.1, 0.15) is 5.56 Å². The first-order valence-electron chi connectivity index (χ1n) is 5.62. The molecule has 10 heteroatoms. The van der Waals surface area contributed by atoms with Gasteiger partial charge in [0.1, 0.15) is 11.6 Å². The van der Waals surface area contributed by atoms with Crippen molar-refractivity contribution in [2.45, 2.75) is 6.18 Å². The number of nitro benzene ring substituents is 1. The first kappa shape index (κ1) is 16.0. The molecule has 5 nitrogen and oxygen atoms in total. The molecule has 0 saturated carbocycles. The van der Waals surface area contributed by atoms with Crippen LogP contribution in [0.5, 0.6) is 0 Å². The smallest absolute Gasteiger partial charge is 0.336 e. The van der Waals surface area contributed by atoms with Crippen LogP contribution in [0.15, 0.2) is 30.5 Å². The molecule has 1 heterocycles. The van der Waals surface area contributed by atoms with Gasteiger partial charge in [-0.15, -0.1) is 0 Å². The van der Waals surface area contributed by atoms with Gasteiger partial charge < -0.3 is 5.32 Å². The van der Waals surface area contributed by atoms with Crippen molar-refractivity contribution in [2.24, 2.45) is 0 Å². The summed E-state index contributed by atoms with van der Waals surface area (Å²) in [5.74, 6) is -1.10. The van der Waals surface area contributed by atoms with Gasteiger partial charge in [-0.05, 0) is 12.1 Å². The molecule has 2 rings (SSSR count). The predicted octanol–water partition coefficient (Wildman–Crippen LogP) is 4.54. The Labute approximate surface area is 125 Å². The fourth-order valence-electron chi connectivity index (χ4n) is 1.54. The molecular weight excluding hydrogens is 330 g/mol. The normalized spacial score (nSPS) is 11.3. The highest BCUT2D eigenvalue weighted by Gasteiger charge is 2.31. The fraction of sp³-hybridized carbons (Fsp3) is 0.0833. The maximum Gasteiger partial charge on any atom is 0.417 e. The minimum absolute atomic E-state index is 0.255. The van der Waals surface area contributed by atoms with E-state index < -0.39 is 33.2 Å². The summed E-state index contributed by atoms with van der Waals surface area (Å²) in [6.45, 7) is 0. The molecule has 0 aliphatic heterocycles. The predicted molar refractivity (Wildman–Crippen MR) is 70.6 cm³/mol. The highest BCUT2D eigenvalue weighted by Crippen LogP contribution is 2.34. The SMILES string of the molecule is O=[N+]([O-])c1ccc(F)c(Nc2ncc(C(F)(F)F)cc2Cl)c1. The molecule has 0 aliphatic rings. The average Bonchev–Trinajstić information content (AvgIpc) is 2.41. The van der Waals surface area contributed by atoms with Gasteiger partial charge in [0, 0.05) is 18.3 Å². The lowest BCUT2D eigenvalue weighted by Crippen LogP contribution is -2.07. The Hall–Kier alpha value is -2.42. The summed E-state index contributed by atoms with van der Waals surface area (Å²) in [6.07, 6.45) is -4.10. The van der Waals surface area contributed by atoms with E-state index >= 15 is 0 Å². The van der Waals surface area contributed by atoms with Gasteiger partial charge in [0.15, 0.2) is 0 Å². The number of hydrogen-bond donors (Lipinski definition) is 1. The van der Waals surface area contributed by atoms with Crippen molar-refractivity contribution < 1.29 is 22.5 Å². The Morgan fingerprint density at radius 2 is 1.95 bits per heavy atom. The molecule has 0 spiro atoms. The van der Waals surface area contributed by atoms with Gasteiger partial charge >= 0.3 is 6.18 Å². The lowest BCUT2D eigenvalue weighted by Gasteiger charge is -2.11. The summed E-state index contributed by atoms with van der Waals surface area (Å²) in [5, 5.41) is 12.5. The van der Waals surface area contributed by atoms with Gasteiger partial charge in [-0.1, -0.05) is 11.6 Å². The van der Waals surface area contributed by atoms with E-state index in [9.17, 15) is 27.7 Å². The van der Waals surface area contributed by atoms with E-state index in [0.717, 1.165) is 18.2 Å². The summed E-state index contributed by atoms with van der Waals surface area (Å²) in [5.41, 5.74) is -1.79. The number of hydrogen-bond acceptors (Lipinski definition) is 4. The Morgan fingerprint density at radius 3 is 2.50 bits per heavy atom. The quantitative estimate of drug-likeness (QED) is 0.508. The third-order valence-corrected chi connectivity index (χ3v) is 2.87. The Kier molecular flexibility index (Phi) is 4.18. The minimum Gasteiger partial charge on any atom is -0.336 e. The molecule has 1 aromatic carbocycles. The summed E-state index contributed by atoms with van der Waals surface area (Å²) in [6, 6.07) is 3.29. The molecule has 0 atom stereocenters. The van der Waals surface area contributed by atoms with Gasteiger partial charge in [-0.2, -0.15) is 13.2 Å². The number of nitrogens with zero attached hydrogens (tertiary/aromatic N) is 2. The third kappa shape index (κ3) is 3.42. The molecule has 0 amide bonds. The van der Waals surface area contributed by atoms with Crippen LogP contribution in [0.25, 0.3) is 0 Å². The van der Waals surface area contributed by atoms with Crippen LogP contribution in [0, 0.1) is 15.9 Å².